The first-order valence-electron chi connectivity index (χ1n) is 9.17. The van der Waals surface area contributed by atoms with Gasteiger partial charge in [-0.2, -0.15) is 0 Å². The van der Waals surface area contributed by atoms with E-state index in [1.54, 1.807) is 45.4 Å². The maximum atomic E-state index is 13.2. The van der Waals surface area contributed by atoms with Crippen molar-refractivity contribution in [1.29, 1.82) is 0 Å². The molecule has 0 unspecified atom stereocenters. The van der Waals surface area contributed by atoms with Crippen molar-refractivity contribution in [3.05, 3.63) is 65.3 Å². The second-order valence-electron chi connectivity index (χ2n) is 6.43. The number of thiazole rings is 1. The van der Waals surface area contributed by atoms with Crippen LogP contribution in [0.1, 0.15) is 16.4 Å². The highest BCUT2D eigenvalue weighted by Gasteiger charge is 2.18. The van der Waals surface area contributed by atoms with Gasteiger partial charge >= 0.3 is 0 Å². The van der Waals surface area contributed by atoms with Gasteiger partial charge in [0.2, 0.25) is 5.82 Å². The number of rotatable bonds is 6. The van der Waals surface area contributed by atoms with Crippen molar-refractivity contribution in [2.75, 3.05) is 19.5 Å². The second-order valence-corrected chi connectivity index (χ2v) is 7.29. The van der Waals surface area contributed by atoms with Crippen molar-refractivity contribution >= 4 is 22.4 Å². The van der Waals surface area contributed by atoms with Crippen LogP contribution in [-0.2, 0) is 0 Å². The molecule has 158 valence electrons. The van der Waals surface area contributed by atoms with Gasteiger partial charge in [-0.1, -0.05) is 0 Å². The molecule has 2 aromatic heterocycles. The average Bonchev–Trinajstić information content (AvgIpc) is 3.40. The molecular weight excluding hydrogens is 421 g/mol. The Labute approximate surface area is 181 Å². The summed E-state index contributed by atoms with van der Waals surface area (Å²) >= 11 is 1.27. The number of aromatic nitrogens is 4. The van der Waals surface area contributed by atoms with Crippen LogP contribution in [0.25, 0.3) is 16.9 Å². The number of nitrogens with zero attached hydrogens (tertiary/aromatic N) is 4. The van der Waals surface area contributed by atoms with E-state index < -0.39 is 5.91 Å². The summed E-state index contributed by atoms with van der Waals surface area (Å²) in [7, 11) is 3.16. The highest BCUT2D eigenvalue weighted by Crippen LogP contribution is 2.35. The Bertz CT molecular complexity index is 1240. The number of hydrogen-bond acceptors (Lipinski definition) is 7. The Hall–Kier alpha value is -3.79. The molecule has 4 aromatic rings. The summed E-state index contributed by atoms with van der Waals surface area (Å²) < 4.78 is 25.3. The number of aryl methyl sites for hydroxylation is 1. The van der Waals surface area contributed by atoms with E-state index in [2.05, 4.69) is 20.4 Å². The SMILES string of the molecule is COc1ccc(OC)c(-c2csc(NC(=O)c3nc(C)n(-c4ccc(F)cc4)n3)n2)c1. The number of ether oxygens (including phenoxy) is 2. The molecule has 0 saturated carbocycles. The smallest absolute Gasteiger partial charge is 0.297 e. The zero-order chi connectivity index (χ0) is 22.0. The molecule has 1 amide bonds. The highest BCUT2D eigenvalue weighted by atomic mass is 32.1. The Balaban J connectivity index is 1.55. The van der Waals surface area contributed by atoms with Gasteiger partial charge in [0.15, 0.2) is 5.13 Å². The molecule has 0 aliphatic carbocycles. The average molecular weight is 439 g/mol. The number of hydrogen-bond donors (Lipinski definition) is 1. The summed E-state index contributed by atoms with van der Waals surface area (Å²) in [4.78, 5) is 21.3. The minimum Gasteiger partial charge on any atom is -0.497 e. The molecule has 0 bridgehead atoms. The molecule has 0 radical (unpaired) electrons. The maximum Gasteiger partial charge on any atom is 0.297 e. The van der Waals surface area contributed by atoms with Gasteiger partial charge in [-0.3, -0.25) is 10.1 Å². The van der Waals surface area contributed by atoms with Gasteiger partial charge in [0.25, 0.3) is 5.91 Å². The molecule has 0 aliphatic heterocycles. The van der Waals surface area contributed by atoms with Crippen molar-refractivity contribution in [1.82, 2.24) is 19.7 Å². The molecule has 0 atom stereocenters. The van der Waals surface area contributed by atoms with Crippen LogP contribution in [-0.4, -0.2) is 39.9 Å². The largest absolute Gasteiger partial charge is 0.497 e. The number of anilines is 1. The zero-order valence-corrected chi connectivity index (χ0v) is 17.7. The van der Waals surface area contributed by atoms with Gasteiger partial charge in [0.05, 0.1) is 25.6 Å². The fourth-order valence-electron chi connectivity index (χ4n) is 2.94. The van der Waals surface area contributed by atoms with Crippen molar-refractivity contribution < 1.29 is 18.7 Å². The van der Waals surface area contributed by atoms with Crippen LogP contribution < -0.4 is 14.8 Å². The summed E-state index contributed by atoms with van der Waals surface area (Å²) in [6, 6.07) is 11.2. The minimum absolute atomic E-state index is 0.0162. The molecule has 1 N–H and O–H groups in total. The van der Waals surface area contributed by atoms with Crippen LogP contribution in [0.3, 0.4) is 0 Å². The molecule has 0 fully saturated rings. The molecule has 0 aliphatic rings. The van der Waals surface area contributed by atoms with Crippen molar-refractivity contribution in [3.63, 3.8) is 0 Å². The Morgan fingerprint density at radius 3 is 2.58 bits per heavy atom. The van der Waals surface area contributed by atoms with Gasteiger partial charge in [0, 0.05) is 10.9 Å². The van der Waals surface area contributed by atoms with E-state index in [4.69, 9.17) is 9.47 Å². The molecule has 10 heteroatoms. The van der Waals surface area contributed by atoms with Crippen molar-refractivity contribution in [2.45, 2.75) is 6.92 Å². The number of carbonyl (C=O) groups is 1. The van der Waals surface area contributed by atoms with E-state index in [1.807, 2.05) is 11.4 Å². The van der Waals surface area contributed by atoms with Gasteiger partial charge < -0.3 is 9.47 Å². The number of benzene rings is 2. The number of amides is 1. The van der Waals surface area contributed by atoms with E-state index in [1.165, 1.54) is 28.2 Å². The molecule has 0 saturated heterocycles. The summed E-state index contributed by atoms with van der Waals surface area (Å²) in [5, 5.41) is 9.14. The third-order valence-electron chi connectivity index (χ3n) is 4.45. The molecule has 2 aromatic carbocycles. The van der Waals surface area contributed by atoms with Crippen LogP contribution >= 0.6 is 11.3 Å². The summed E-state index contributed by atoms with van der Waals surface area (Å²) in [6.07, 6.45) is 0. The van der Waals surface area contributed by atoms with Crippen molar-refractivity contribution in [2.24, 2.45) is 0 Å². The lowest BCUT2D eigenvalue weighted by Crippen LogP contribution is -2.14. The van der Waals surface area contributed by atoms with Crippen LogP contribution in [0.2, 0.25) is 0 Å². The Morgan fingerprint density at radius 1 is 1.10 bits per heavy atom. The lowest BCUT2D eigenvalue weighted by Gasteiger charge is -2.08. The third-order valence-corrected chi connectivity index (χ3v) is 5.21. The van der Waals surface area contributed by atoms with Crippen LogP contribution in [0.4, 0.5) is 9.52 Å². The topological polar surface area (TPSA) is 91.2 Å². The van der Waals surface area contributed by atoms with Crippen LogP contribution in [0, 0.1) is 12.7 Å². The molecule has 8 nitrogen and oxygen atoms in total. The molecular formula is C21H18FN5O3S. The standard InChI is InChI=1S/C21H18FN5O3S/c1-12-23-19(26-27(12)14-6-4-13(22)5-7-14)20(28)25-21-24-17(11-31-21)16-10-15(29-2)8-9-18(16)30-3/h4-11H,1-3H3,(H,24,25,28). The van der Waals surface area contributed by atoms with E-state index in [0.29, 0.717) is 33.8 Å². The number of methoxy groups -OCH3 is 2. The van der Waals surface area contributed by atoms with Crippen LogP contribution in [0.5, 0.6) is 11.5 Å². The second kappa shape index (κ2) is 8.52. The van der Waals surface area contributed by atoms with Gasteiger partial charge in [-0.25, -0.2) is 19.0 Å². The molecule has 4 rings (SSSR count). The number of nitrogens with one attached hydrogen (secondary N) is 1. The highest BCUT2D eigenvalue weighted by molar-refractivity contribution is 7.14. The van der Waals surface area contributed by atoms with E-state index in [-0.39, 0.29) is 11.6 Å². The monoisotopic (exact) mass is 439 g/mol. The third kappa shape index (κ3) is 4.24. The predicted octanol–water partition coefficient (Wildman–Crippen LogP) is 4.11. The van der Waals surface area contributed by atoms with Crippen molar-refractivity contribution in [3.8, 4) is 28.4 Å². The van der Waals surface area contributed by atoms with Gasteiger partial charge in [-0.15, -0.1) is 16.4 Å². The molecule has 31 heavy (non-hydrogen) atoms. The number of halogens is 1. The van der Waals surface area contributed by atoms with E-state index in [0.717, 1.165) is 5.56 Å². The first kappa shape index (κ1) is 20.5. The fraction of sp³-hybridized carbons (Fsp3) is 0.143. The Morgan fingerprint density at radius 2 is 1.87 bits per heavy atom. The van der Waals surface area contributed by atoms with E-state index in [9.17, 15) is 9.18 Å². The van der Waals surface area contributed by atoms with Crippen LogP contribution in [0.15, 0.2) is 47.8 Å². The summed E-state index contributed by atoms with van der Waals surface area (Å²) in [5.41, 5.74) is 1.98. The lowest BCUT2D eigenvalue weighted by atomic mass is 10.1. The number of carbonyl (C=O) groups excluding carboxylic acids is 1. The Kier molecular flexibility index (Phi) is 5.63. The normalized spacial score (nSPS) is 10.7. The lowest BCUT2D eigenvalue weighted by molar-refractivity contribution is 0.101. The summed E-state index contributed by atoms with van der Waals surface area (Å²) in [5.74, 6) is 0.934. The van der Waals surface area contributed by atoms with E-state index >= 15 is 0 Å². The first-order chi connectivity index (χ1) is 15.0. The summed E-state index contributed by atoms with van der Waals surface area (Å²) in [6.45, 7) is 1.71. The molecule has 2 heterocycles. The first-order valence-corrected chi connectivity index (χ1v) is 10.1. The minimum atomic E-state index is -0.498. The predicted molar refractivity (Wildman–Crippen MR) is 115 cm³/mol. The maximum absolute atomic E-state index is 13.2. The quantitative estimate of drug-likeness (QED) is 0.486. The fourth-order valence-corrected chi connectivity index (χ4v) is 3.64. The van der Waals surface area contributed by atoms with Gasteiger partial charge in [-0.05, 0) is 49.4 Å². The molecule has 0 spiro atoms. The van der Waals surface area contributed by atoms with Gasteiger partial charge in [0.1, 0.15) is 23.1 Å². The zero-order valence-electron chi connectivity index (χ0n) is 16.9.